The lowest BCUT2D eigenvalue weighted by Crippen LogP contribution is -1.83. The van der Waals surface area contributed by atoms with Crippen LogP contribution in [0.25, 0.3) is 0 Å². The highest BCUT2D eigenvalue weighted by Crippen LogP contribution is 2.12. The van der Waals surface area contributed by atoms with Crippen LogP contribution in [-0.4, -0.2) is 10.2 Å². The zero-order chi connectivity index (χ0) is 15.7. The monoisotopic (exact) mass is 281 g/mol. The van der Waals surface area contributed by atoms with Gasteiger partial charge in [-0.2, -0.15) is 5.26 Å². The first kappa shape index (κ1) is 16.3. The first-order valence-corrected chi connectivity index (χ1v) is 6.58. The van der Waals surface area contributed by atoms with E-state index in [0.717, 1.165) is 17.6 Å². The van der Waals surface area contributed by atoms with Crippen molar-refractivity contribution >= 4 is 0 Å². The summed E-state index contributed by atoms with van der Waals surface area (Å²) in [5.74, 6) is 0.553. The summed E-state index contributed by atoms with van der Waals surface area (Å²) in [4.78, 5) is 0. The molecule has 2 rings (SSSR count). The van der Waals surface area contributed by atoms with Gasteiger partial charge in [0.05, 0.1) is 12.5 Å². The zero-order valence-electron chi connectivity index (χ0n) is 12.1. The predicted molar refractivity (Wildman–Crippen MR) is 84.0 cm³/mol. The standard InChI is InChI=1S/C10H12O.C8H7NO/c1-8(2)7-9-3-5-10(11)6-4-9;9-6-5-7-1-3-8(10)4-2-7/h3-6,11H,1,7H2,2H3;1-4,10H,5H2. The van der Waals surface area contributed by atoms with Crippen LogP contribution in [0.3, 0.4) is 0 Å². The van der Waals surface area contributed by atoms with Gasteiger partial charge in [-0.25, -0.2) is 0 Å². The van der Waals surface area contributed by atoms with Crippen LogP contribution in [-0.2, 0) is 12.8 Å². The van der Waals surface area contributed by atoms with E-state index < -0.39 is 0 Å². The predicted octanol–water partition coefficient (Wildman–Crippen LogP) is 3.97. The highest BCUT2D eigenvalue weighted by Gasteiger charge is 1.92. The molecule has 2 aromatic carbocycles. The number of phenolic OH excluding ortho intramolecular Hbond substituents is 2. The molecule has 108 valence electrons. The summed E-state index contributed by atoms with van der Waals surface area (Å²) in [6, 6.07) is 15.8. The Morgan fingerprint density at radius 2 is 1.38 bits per heavy atom. The Morgan fingerprint density at radius 3 is 1.76 bits per heavy atom. The summed E-state index contributed by atoms with van der Waals surface area (Å²) in [7, 11) is 0. The fraction of sp³-hybridized carbons (Fsp3) is 0.167. The largest absolute Gasteiger partial charge is 0.508 e. The maximum absolute atomic E-state index is 8.97. The van der Waals surface area contributed by atoms with Gasteiger partial charge in [0.1, 0.15) is 11.5 Å². The van der Waals surface area contributed by atoms with Crippen molar-refractivity contribution in [1.29, 1.82) is 5.26 Å². The van der Waals surface area contributed by atoms with Crippen LogP contribution in [0.4, 0.5) is 0 Å². The van der Waals surface area contributed by atoms with Gasteiger partial charge in [-0.05, 0) is 48.7 Å². The van der Waals surface area contributed by atoms with Crippen LogP contribution < -0.4 is 0 Å². The van der Waals surface area contributed by atoms with Gasteiger partial charge in [0.25, 0.3) is 0 Å². The van der Waals surface area contributed by atoms with E-state index in [0.29, 0.717) is 12.2 Å². The van der Waals surface area contributed by atoms with E-state index in [1.807, 2.05) is 25.1 Å². The van der Waals surface area contributed by atoms with E-state index in [9.17, 15) is 0 Å². The Hall–Kier alpha value is -2.73. The third kappa shape index (κ3) is 6.84. The lowest BCUT2D eigenvalue weighted by Gasteiger charge is -1.99. The Kier molecular flexibility index (Phi) is 6.56. The molecule has 3 heteroatoms. The molecule has 0 bridgehead atoms. The first-order valence-electron chi connectivity index (χ1n) is 6.58. The number of benzene rings is 2. The summed E-state index contributed by atoms with van der Waals surface area (Å²) < 4.78 is 0. The summed E-state index contributed by atoms with van der Waals surface area (Å²) >= 11 is 0. The molecule has 0 atom stereocenters. The minimum atomic E-state index is 0.238. The SMILES string of the molecule is C=C(C)Cc1ccc(O)cc1.N#CCc1ccc(O)cc1. The fourth-order valence-corrected chi connectivity index (χ4v) is 1.67. The minimum absolute atomic E-state index is 0.238. The van der Waals surface area contributed by atoms with Gasteiger partial charge >= 0.3 is 0 Å². The summed E-state index contributed by atoms with van der Waals surface area (Å²) in [6.45, 7) is 5.80. The van der Waals surface area contributed by atoms with Crippen molar-refractivity contribution in [2.75, 3.05) is 0 Å². The van der Waals surface area contributed by atoms with E-state index in [4.69, 9.17) is 15.5 Å². The molecule has 0 heterocycles. The fourth-order valence-electron chi connectivity index (χ4n) is 1.67. The van der Waals surface area contributed by atoms with Crippen molar-refractivity contribution in [1.82, 2.24) is 0 Å². The van der Waals surface area contributed by atoms with Gasteiger partial charge in [-0.15, -0.1) is 0 Å². The quantitative estimate of drug-likeness (QED) is 0.837. The molecule has 21 heavy (non-hydrogen) atoms. The number of rotatable bonds is 3. The van der Waals surface area contributed by atoms with E-state index in [-0.39, 0.29) is 5.75 Å². The molecule has 0 unspecified atom stereocenters. The molecule has 0 aliphatic rings. The van der Waals surface area contributed by atoms with Crippen molar-refractivity contribution in [3.8, 4) is 17.6 Å². The molecule has 0 amide bonds. The molecule has 0 spiro atoms. The Morgan fingerprint density at radius 1 is 0.952 bits per heavy atom. The second-order valence-corrected chi connectivity index (χ2v) is 4.80. The maximum atomic E-state index is 8.97. The average molecular weight is 281 g/mol. The molecule has 0 aromatic heterocycles. The Labute approximate surface area is 125 Å². The molecular weight excluding hydrogens is 262 g/mol. The molecule has 0 saturated carbocycles. The molecule has 0 aliphatic heterocycles. The van der Waals surface area contributed by atoms with Crippen LogP contribution in [0.5, 0.6) is 11.5 Å². The normalized spacial score (nSPS) is 9.14. The molecule has 0 radical (unpaired) electrons. The third-order valence-electron chi connectivity index (χ3n) is 2.66. The number of aromatic hydroxyl groups is 2. The van der Waals surface area contributed by atoms with Crippen molar-refractivity contribution in [3.05, 3.63) is 71.8 Å². The minimum Gasteiger partial charge on any atom is -0.508 e. The number of nitriles is 1. The maximum Gasteiger partial charge on any atom is 0.115 e. The Bertz CT molecular complexity index is 607. The topological polar surface area (TPSA) is 64.2 Å². The first-order chi connectivity index (χ1) is 10.0. The molecule has 2 N–H and O–H groups in total. The van der Waals surface area contributed by atoms with Gasteiger partial charge in [0, 0.05) is 0 Å². The number of phenols is 2. The summed E-state index contributed by atoms with van der Waals surface area (Å²) in [5.41, 5.74) is 3.26. The number of hydrogen-bond donors (Lipinski definition) is 2. The summed E-state index contributed by atoms with van der Waals surface area (Å²) in [5, 5.41) is 26.1. The van der Waals surface area contributed by atoms with Gasteiger partial charge in [0.2, 0.25) is 0 Å². The molecule has 2 aromatic rings. The highest BCUT2D eigenvalue weighted by atomic mass is 16.3. The second kappa shape index (κ2) is 8.44. The van der Waals surface area contributed by atoms with Crippen LogP contribution in [0.2, 0.25) is 0 Å². The highest BCUT2D eigenvalue weighted by molar-refractivity contribution is 5.28. The lowest BCUT2D eigenvalue weighted by atomic mass is 10.1. The summed E-state index contributed by atoms with van der Waals surface area (Å²) in [6.07, 6.45) is 1.29. The van der Waals surface area contributed by atoms with E-state index in [1.54, 1.807) is 36.4 Å². The smallest absolute Gasteiger partial charge is 0.115 e. The molecular formula is C18H19NO2. The molecule has 3 nitrogen and oxygen atoms in total. The van der Waals surface area contributed by atoms with E-state index >= 15 is 0 Å². The number of allylic oxidation sites excluding steroid dienone is 1. The average Bonchev–Trinajstić information content (AvgIpc) is 2.44. The van der Waals surface area contributed by atoms with E-state index in [1.165, 1.54) is 5.56 Å². The van der Waals surface area contributed by atoms with Gasteiger partial charge in [-0.1, -0.05) is 36.4 Å². The van der Waals surface area contributed by atoms with Gasteiger partial charge in [-0.3, -0.25) is 0 Å². The van der Waals surface area contributed by atoms with Crippen molar-refractivity contribution in [3.63, 3.8) is 0 Å². The van der Waals surface area contributed by atoms with Gasteiger partial charge < -0.3 is 10.2 Å². The Balaban J connectivity index is 0.000000211. The van der Waals surface area contributed by atoms with Crippen molar-refractivity contribution in [2.45, 2.75) is 19.8 Å². The van der Waals surface area contributed by atoms with Crippen LogP contribution >= 0.6 is 0 Å². The van der Waals surface area contributed by atoms with Crippen molar-refractivity contribution < 1.29 is 10.2 Å². The lowest BCUT2D eigenvalue weighted by molar-refractivity contribution is 0.474. The molecule has 0 saturated heterocycles. The molecule has 0 aliphatic carbocycles. The molecule has 0 fully saturated rings. The third-order valence-corrected chi connectivity index (χ3v) is 2.66. The van der Waals surface area contributed by atoms with Crippen LogP contribution in [0.1, 0.15) is 18.1 Å². The number of nitrogens with zero attached hydrogens (tertiary/aromatic N) is 1. The second-order valence-electron chi connectivity index (χ2n) is 4.80. The van der Waals surface area contributed by atoms with Crippen LogP contribution in [0.15, 0.2) is 60.7 Å². The number of hydrogen-bond acceptors (Lipinski definition) is 3. The van der Waals surface area contributed by atoms with E-state index in [2.05, 4.69) is 6.58 Å². The van der Waals surface area contributed by atoms with Gasteiger partial charge in [0.15, 0.2) is 0 Å². The van der Waals surface area contributed by atoms with Crippen LogP contribution in [0, 0.1) is 11.3 Å². The van der Waals surface area contributed by atoms with Crippen molar-refractivity contribution in [2.24, 2.45) is 0 Å². The zero-order valence-corrected chi connectivity index (χ0v) is 12.1.